The van der Waals surface area contributed by atoms with Crippen LogP contribution in [-0.4, -0.2) is 21.8 Å². The summed E-state index contributed by atoms with van der Waals surface area (Å²) in [5.74, 6) is 0.548. The largest absolute Gasteiger partial charge is 0.370 e. The van der Waals surface area contributed by atoms with Crippen molar-refractivity contribution in [2.24, 2.45) is 10.7 Å². The summed E-state index contributed by atoms with van der Waals surface area (Å²) >= 11 is 0. The molecule has 3 rings (SSSR count). The molecule has 0 spiro atoms. The van der Waals surface area contributed by atoms with E-state index in [1.165, 1.54) is 38.5 Å². The standard InChI is InChI=1S/C18H25N5.HI/c19-18(22-16-9-3-1-2-4-10-16)20-14-15-8-5-6-11-17(15)23-13-7-12-21-23;/h5-8,11-13,16H,1-4,9-10,14H2,(H3,19,20,22);1H. The van der Waals surface area contributed by atoms with Gasteiger partial charge in [-0.3, -0.25) is 0 Å². The number of nitrogens with zero attached hydrogens (tertiary/aromatic N) is 3. The van der Waals surface area contributed by atoms with E-state index in [9.17, 15) is 0 Å². The highest BCUT2D eigenvalue weighted by Gasteiger charge is 2.12. The quantitative estimate of drug-likeness (QED) is 0.331. The molecule has 1 aromatic carbocycles. The van der Waals surface area contributed by atoms with E-state index in [-0.39, 0.29) is 24.0 Å². The minimum absolute atomic E-state index is 0. The number of benzene rings is 1. The van der Waals surface area contributed by atoms with Crippen molar-refractivity contribution in [3.8, 4) is 5.69 Å². The van der Waals surface area contributed by atoms with Crippen LogP contribution in [0.2, 0.25) is 0 Å². The van der Waals surface area contributed by atoms with E-state index in [0.29, 0.717) is 18.5 Å². The monoisotopic (exact) mass is 439 g/mol. The van der Waals surface area contributed by atoms with Crippen molar-refractivity contribution in [1.82, 2.24) is 15.1 Å². The summed E-state index contributed by atoms with van der Waals surface area (Å²) < 4.78 is 1.86. The Morgan fingerprint density at radius 1 is 1.17 bits per heavy atom. The Bertz CT molecular complexity index is 631. The molecule has 0 atom stereocenters. The number of aliphatic imine (C=N–C) groups is 1. The van der Waals surface area contributed by atoms with Crippen LogP contribution in [-0.2, 0) is 6.54 Å². The van der Waals surface area contributed by atoms with Gasteiger partial charge in [-0.05, 0) is 30.5 Å². The number of para-hydroxylation sites is 1. The fourth-order valence-corrected chi connectivity index (χ4v) is 3.13. The maximum atomic E-state index is 6.09. The molecular formula is C18H26IN5. The summed E-state index contributed by atoms with van der Waals surface area (Å²) in [5.41, 5.74) is 8.25. The van der Waals surface area contributed by atoms with Crippen molar-refractivity contribution < 1.29 is 0 Å². The van der Waals surface area contributed by atoms with Gasteiger partial charge in [0.05, 0.1) is 12.2 Å². The maximum Gasteiger partial charge on any atom is 0.189 e. The first kappa shape index (κ1) is 18.8. The molecule has 6 heteroatoms. The summed E-state index contributed by atoms with van der Waals surface area (Å²) in [6.45, 7) is 0.557. The van der Waals surface area contributed by atoms with E-state index in [1.54, 1.807) is 6.20 Å². The Morgan fingerprint density at radius 3 is 2.62 bits per heavy atom. The molecule has 1 aromatic heterocycles. The number of rotatable bonds is 4. The minimum Gasteiger partial charge on any atom is -0.370 e. The normalized spacial score (nSPS) is 16.2. The van der Waals surface area contributed by atoms with Gasteiger partial charge in [-0.2, -0.15) is 5.10 Å². The number of halogens is 1. The Labute approximate surface area is 160 Å². The second-order valence-corrected chi connectivity index (χ2v) is 6.11. The van der Waals surface area contributed by atoms with Gasteiger partial charge in [-0.15, -0.1) is 24.0 Å². The molecule has 130 valence electrons. The number of hydrogen-bond acceptors (Lipinski definition) is 2. The third kappa shape index (κ3) is 5.22. The molecule has 0 bridgehead atoms. The third-order valence-electron chi connectivity index (χ3n) is 4.37. The van der Waals surface area contributed by atoms with Crippen LogP contribution in [0, 0.1) is 0 Å². The SMILES string of the molecule is I.NC(=NCc1ccccc1-n1cccn1)NC1CCCCCC1. The molecule has 0 aliphatic heterocycles. The van der Waals surface area contributed by atoms with Crippen LogP contribution < -0.4 is 11.1 Å². The molecule has 1 heterocycles. The van der Waals surface area contributed by atoms with Crippen LogP contribution in [0.3, 0.4) is 0 Å². The molecule has 0 amide bonds. The topological polar surface area (TPSA) is 68.2 Å². The predicted molar refractivity (Wildman–Crippen MR) is 109 cm³/mol. The molecule has 1 fully saturated rings. The van der Waals surface area contributed by atoms with Crippen molar-refractivity contribution in [3.63, 3.8) is 0 Å². The van der Waals surface area contributed by atoms with Crippen LogP contribution in [0.15, 0.2) is 47.7 Å². The van der Waals surface area contributed by atoms with Gasteiger partial charge in [0.2, 0.25) is 0 Å². The number of nitrogens with one attached hydrogen (secondary N) is 1. The van der Waals surface area contributed by atoms with Crippen molar-refractivity contribution in [2.75, 3.05) is 0 Å². The highest BCUT2D eigenvalue weighted by molar-refractivity contribution is 14.0. The Kier molecular flexibility index (Phi) is 7.55. The zero-order valence-electron chi connectivity index (χ0n) is 13.9. The van der Waals surface area contributed by atoms with E-state index < -0.39 is 0 Å². The summed E-state index contributed by atoms with van der Waals surface area (Å²) in [4.78, 5) is 4.53. The van der Waals surface area contributed by atoms with E-state index in [4.69, 9.17) is 5.73 Å². The summed E-state index contributed by atoms with van der Waals surface area (Å²) in [5, 5.41) is 7.69. The molecule has 0 saturated heterocycles. The maximum absolute atomic E-state index is 6.09. The average molecular weight is 439 g/mol. The van der Waals surface area contributed by atoms with Crippen LogP contribution in [0.5, 0.6) is 0 Å². The highest BCUT2D eigenvalue weighted by Crippen LogP contribution is 2.17. The van der Waals surface area contributed by atoms with Gasteiger partial charge in [-0.25, -0.2) is 9.67 Å². The molecule has 1 aliphatic carbocycles. The molecule has 5 nitrogen and oxygen atoms in total. The fourth-order valence-electron chi connectivity index (χ4n) is 3.13. The predicted octanol–water partition coefficient (Wildman–Crippen LogP) is 3.62. The van der Waals surface area contributed by atoms with Crippen LogP contribution in [0.25, 0.3) is 5.69 Å². The second-order valence-electron chi connectivity index (χ2n) is 6.11. The lowest BCUT2D eigenvalue weighted by molar-refractivity contribution is 0.530. The third-order valence-corrected chi connectivity index (χ3v) is 4.37. The number of guanidine groups is 1. The van der Waals surface area contributed by atoms with Crippen molar-refractivity contribution in [2.45, 2.75) is 51.1 Å². The lowest BCUT2D eigenvalue weighted by atomic mass is 10.1. The summed E-state index contributed by atoms with van der Waals surface area (Å²) in [7, 11) is 0. The number of hydrogen-bond donors (Lipinski definition) is 2. The van der Waals surface area contributed by atoms with Gasteiger partial charge >= 0.3 is 0 Å². The molecule has 1 aliphatic rings. The van der Waals surface area contributed by atoms with E-state index in [0.717, 1.165) is 11.3 Å². The van der Waals surface area contributed by atoms with Crippen LogP contribution in [0.4, 0.5) is 0 Å². The Hall–Kier alpha value is -1.57. The smallest absolute Gasteiger partial charge is 0.189 e. The fraction of sp³-hybridized carbons (Fsp3) is 0.444. The van der Waals surface area contributed by atoms with Crippen LogP contribution in [0.1, 0.15) is 44.1 Å². The van der Waals surface area contributed by atoms with Crippen molar-refractivity contribution in [1.29, 1.82) is 0 Å². The summed E-state index contributed by atoms with van der Waals surface area (Å²) in [6, 6.07) is 10.5. The second kappa shape index (κ2) is 9.66. The number of nitrogens with two attached hydrogens (primary N) is 1. The van der Waals surface area contributed by atoms with E-state index in [2.05, 4.69) is 21.5 Å². The first-order chi connectivity index (χ1) is 11.3. The van der Waals surface area contributed by atoms with Crippen molar-refractivity contribution >= 4 is 29.9 Å². The van der Waals surface area contributed by atoms with Gasteiger partial charge < -0.3 is 11.1 Å². The Morgan fingerprint density at radius 2 is 1.92 bits per heavy atom. The molecule has 0 radical (unpaired) electrons. The van der Waals surface area contributed by atoms with E-state index in [1.807, 2.05) is 35.1 Å². The molecule has 1 saturated carbocycles. The lowest BCUT2D eigenvalue weighted by Gasteiger charge is -2.17. The summed E-state index contributed by atoms with van der Waals surface area (Å²) in [6.07, 6.45) is 11.4. The first-order valence-corrected chi connectivity index (χ1v) is 8.47. The van der Waals surface area contributed by atoms with Gasteiger partial charge in [-0.1, -0.05) is 43.9 Å². The molecule has 3 N–H and O–H groups in total. The van der Waals surface area contributed by atoms with E-state index >= 15 is 0 Å². The van der Waals surface area contributed by atoms with Gasteiger partial charge in [0, 0.05) is 18.4 Å². The molecular weight excluding hydrogens is 413 g/mol. The van der Waals surface area contributed by atoms with Gasteiger partial charge in [0.25, 0.3) is 0 Å². The Balaban J connectivity index is 0.00000208. The molecule has 24 heavy (non-hydrogen) atoms. The first-order valence-electron chi connectivity index (χ1n) is 8.47. The van der Waals surface area contributed by atoms with Gasteiger partial charge in [0.15, 0.2) is 5.96 Å². The zero-order chi connectivity index (χ0) is 15.9. The molecule has 0 unspecified atom stereocenters. The van der Waals surface area contributed by atoms with Gasteiger partial charge in [0.1, 0.15) is 0 Å². The molecule has 2 aromatic rings. The lowest BCUT2D eigenvalue weighted by Crippen LogP contribution is -2.39. The van der Waals surface area contributed by atoms with Crippen LogP contribution >= 0.6 is 24.0 Å². The zero-order valence-corrected chi connectivity index (χ0v) is 16.2. The highest BCUT2D eigenvalue weighted by atomic mass is 127. The number of aromatic nitrogens is 2. The minimum atomic E-state index is 0. The van der Waals surface area contributed by atoms with Crippen molar-refractivity contribution in [3.05, 3.63) is 48.3 Å². The average Bonchev–Trinajstić information content (AvgIpc) is 2.99.